The van der Waals surface area contributed by atoms with E-state index in [0.717, 1.165) is 22.3 Å². The van der Waals surface area contributed by atoms with Crippen LogP contribution in [-0.4, -0.2) is 5.11 Å². The molecular weight excluding hydrogens is 471 g/mol. The number of hydrogen-bond acceptors (Lipinski definition) is 1. The zero-order valence-electron chi connectivity index (χ0n) is 19.2. The van der Waals surface area contributed by atoms with Crippen molar-refractivity contribution in [3.05, 3.63) is 107 Å². The van der Waals surface area contributed by atoms with E-state index >= 15 is 0 Å². The maximum atomic E-state index is 10.5. The third kappa shape index (κ3) is 6.56. The van der Waals surface area contributed by atoms with Gasteiger partial charge in [0.05, 0.1) is 0 Å². The van der Waals surface area contributed by atoms with Crippen LogP contribution in [0.25, 0.3) is 22.3 Å². The second-order valence-electron chi connectivity index (χ2n) is 7.63. The summed E-state index contributed by atoms with van der Waals surface area (Å²) in [5.41, 5.74) is 11.1. The van der Waals surface area contributed by atoms with Gasteiger partial charge in [0, 0.05) is 11.1 Å². The number of hydrogen-bond donors (Lipinski definition) is 1. The summed E-state index contributed by atoms with van der Waals surface area (Å²) in [5, 5.41) is 10.5. The second kappa shape index (κ2) is 13.0. The van der Waals surface area contributed by atoms with Crippen LogP contribution >= 0.6 is 18.6 Å². The molecule has 0 atom stereocenters. The Kier molecular flexibility index (Phi) is 10.7. The Hall–Kier alpha value is -1.90. The van der Waals surface area contributed by atoms with Crippen molar-refractivity contribution in [1.82, 2.24) is 0 Å². The number of phenols is 1. The first-order chi connectivity index (χ1) is 15.3. The molecule has 4 aromatic carbocycles. The fraction of sp³-hybridized carbons (Fsp3) is 0.179. The van der Waals surface area contributed by atoms with Crippen molar-refractivity contribution >= 4 is 18.6 Å². The molecule has 0 aromatic heterocycles. The van der Waals surface area contributed by atoms with Crippen LogP contribution < -0.4 is 0 Å². The predicted molar refractivity (Wildman–Crippen MR) is 136 cm³/mol. The van der Waals surface area contributed by atoms with Crippen LogP contribution in [0.4, 0.5) is 0 Å². The van der Waals surface area contributed by atoms with Crippen LogP contribution in [-0.2, 0) is 17.0 Å². The van der Waals surface area contributed by atoms with Crippen molar-refractivity contribution in [2.45, 2.75) is 34.6 Å². The maximum absolute atomic E-state index is 10.5. The minimum atomic E-state index is -0.556. The number of rotatable bonds is 2. The fourth-order valence-corrected chi connectivity index (χ4v) is 3.65. The van der Waals surface area contributed by atoms with E-state index in [1.807, 2.05) is 78.9 Å². The summed E-state index contributed by atoms with van der Waals surface area (Å²) in [4.78, 5) is 0. The van der Waals surface area contributed by atoms with Gasteiger partial charge in [-0.15, -0.1) is 0 Å². The number of para-hydroxylation sites is 1. The van der Waals surface area contributed by atoms with E-state index in [2.05, 4.69) is 34.6 Å². The summed E-state index contributed by atoms with van der Waals surface area (Å²) in [6.45, 7) is 11.0. The van der Waals surface area contributed by atoms with E-state index in [4.69, 9.17) is 18.6 Å². The number of phenolic OH excluding ortho intramolecular Hbond substituents is 1. The van der Waals surface area contributed by atoms with E-state index in [-0.39, 0.29) is 0 Å². The molecule has 4 heteroatoms. The molecule has 0 aliphatic heterocycles. The van der Waals surface area contributed by atoms with Gasteiger partial charge in [0.15, 0.2) is 0 Å². The number of aromatic hydroxyl groups is 1. The van der Waals surface area contributed by atoms with Gasteiger partial charge in [-0.3, -0.25) is 0 Å². The molecular formula is C28H29Cl2OTi-. The zero-order valence-corrected chi connectivity index (χ0v) is 22.3. The first-order valence-electron chi connectivity index (χ1n) is 10.4. The number of halogens is 2. The summed E-state index contributed by atoms with van der Waals surface area (Å²) >= 11 is -0.556. The van der Waals surface area contributed by atoms with Gasteiger partial charge in [-0.05, 0) is 11.1 Å². The van der Waals surface area contributed by atoms with Crippen LogP contribution in [0.5, 0.6) is 5.75 Å². The van der Waals surface area contributed by atoms with Crippen LogP contribution in [0.15, 0.2) is 78.9 Å². The van der Waals surface area contributed by atoms with Gasteiger partial charge in [-0.1, -0.05) is 113 Å². The van der Waals surface area contributed by atoms with Gasteiger partial charge >= 0.3 is 35.6 Å². The molecule has 32 heavy (non-hydrogen) atoms. The van der Waals surface area contributed by atoms with E-state index in [1.165, 1.54) is 27.8 Å². The molecule has 0 radical (unpaired) electrons. The monoisotopic (exact) mass is 499 g/mol. The topological polar surface area (TPSA) is 20.2 Å². The van der Waals surface area contributed by atoms with Crippen LogP contribution in [0.3, 0.4) is 0 Å². The molecule has 0 spiro atoms. The molecule has 0 fully saturated rings. The third-order valence-corrected chi connectivity index (χ3v) is 6.02. The van der Waals surface area contributed by atoms with Crippen molar-refractivity contribution in [2.75, 3.05) is 0 Å². The summed E-state index contributed by atoms with van der Waals surface area (Å²) < 4.78 is 0. The molecule has 4 rings (SSSR count). The van der Waals surface area contributed by atoms with E-state index in [9.17, 15) is 5.11 Å². The van der Waals surface area contributed by atoms with Crippen molar-refractivity contribution in [2.24, 2.45) is 0 Å². The first kappa shape index (κ1) is 26.4. The molecule has 0 aliphatic rings. The Morgan fingerprint density at radius 3 is 1.25 bits per heavy atom. The Labute approximate surface area is 209 Å². The standard InChI is InChI=1S/C18H14O.C10H15.2ClH.Ti/c19-18-16(14-8-3-1-4-9-14)12-7-13-17(18)15-10-5-2-6-11-15;1-6-7(2)9(4)10(5)8(6)3;;;/h1-13,19H;1-5H3;2*1H;/q;-1;;;+2/p-2. The van der Waals surface area contributed by atoms with Gasteiger partial charge in [0.2, 0.25) is 0 Å². The summed E-state index contributed by atoms with van der Waals surface area (Å²) in [5.74, 6) is 0.333. The Morgan fingerprint density at radius 2 is 0.969 bits per heavy atom. The molecule has 0 aliphatic carbocycles. The molecule has 0 bridgehead atoms. The predicted octanol–water partition coefficient (Wildman–Crippen LogP) is 9.05. The minimum absolute atomic E-state index is 0.333. The normalized spacial score (nSPS) is 9.84. The molecule has 0 unspecified atom stereocenters. The Morgan fingerprint density at radius 1 is 0.625 bits per heavy atom. The SMILES string of the molecule is Cc1c(C)c(C)[c-](C)c1C.Oc1c(-c2ccccc2)cccc1-c1ccccc1.[Cl][Ti][Cl]. The van der Waals surface area contributed by atoms with Gasteiger partial charge in [0.25, 0.3) is 0 Å². The van der Waals surface area contributed by atoms with Gasteiger partial charge < -0.3 is 5.11 Å². The number of benzene rings is 3. The van der Waals surface area contributed by atoms with E-state index in [0.29, 0.717) is 5.75 Å². The van der Waals surface area contributed by atoms with Gasteiger partial charge in [0.1, 0.15) is 5.75 Å². The third-order valence-electron chi connectivity index (χ3n) is 6.02. The first-order valence-corrected chi connectivity index (χ1v) is 14.7. The van der Waals surface area contributed by atoms with Crippen molar-refractivity contribution in [3.8, 4) is 28.0 Å². The quantitative estimate of drug-likeness (QED) is 0.215. The Bertz CT molecular complexity index is 981. The van der Waals surface area contributed by atoms with Crippen molar-refractivity contribution in [3.63, 3.8) is 0 Å². The molecule has 0 saturated carbocycles. The molecule has 1 N–H and O–H groups in total. The van der Waals surface area contributed by atoms with Crippen LogP contribution in [0.2, 0.25) is 0 Å². The summed E-state index contributed by atoms with van der Waals surface area (Å²) in [6.07, 6.45) is 0. The van der Waals surface area contributed by atoms with Gasteiger partial charge in [-0.2, -0.15) is 27.8 Å². The summed E-state index contributed by atoms with van der Waals surface area (Å²) in [6, 6.07) is 25.7. The van der Waals surface area contributed by atoms with Crippen molar-refractivity contribution < 1.29 is 22.1 Å². The van der Waals surface area contributed by atoms with E-state index < -0.39 is 17.0 Å². The van der Waals surface area contributed by atoms with Crippen molar-refractivity contribution in [1.29, 1.82) is 0 Å². The van der Waals surface area contributed by atoms with E-state index in [1.54, 1.807) is 0 Å². The molecule has 166 valence electrons. The summed E-state index contributed by atoms with van der Waals surface area (Å²) in [7, 11) is 9.78. The molecule has 0 heterocycles. The van der Waals surface area contributed by atoms with Gasteiger partial charge in [-0.25, -0.2) is 0 Å². The average Bonchev–Trinajstić information content (AvgIpc) is 2.99. The average molecular weight is 500 g/mol. The molecule has 0 saturated heterocycles. The molecule has 1 nitrogen and oxygen atoms in total. The Balaban J connectivity index is 0.000000235. The second-order valence-corrected chi connectivity index (χ2v) is 10.2. The molecule has 4 aromatic rings. The van der Waals surface area contributed by atoms with Crippen LogP contribution in [0, 0.1) is 34.6 Å². The molecule has 0 amide bonds. The zero-order chi connectivity index (χ0) is 23.7. The van der Waals surface area contributed by atoms with Crippen LogP contribution in [0.1, 0.15) is 27.8 Å². The fourth-order valence-electron chi connectivity index (χ4n) is 3.65.